The van der Waals surface area contributed by atoms with Crippen molar-refractivity contribution in [3.8, 4) is 0 Å². The number of hydrogen-bond donors (Lipinski definition) is 1. The average Bonchev–Trinajstić information content (AvgIpc) is 2.31. The van der Waals surface area contributed by atoms with Crippen LogP contribution in [-0.2, 0) is 6.42 Å². The highest BCUT2D eigenvalue weighted by Crippen LogP contribution is 2.12. The van der Waals surface area contributed by atoms with E-state index in [4.69, 9.17) is 5.73 Å². The smallest absolute Gasteiger partial charge is 0.203 e. The van der Waals surface area contributed by atoms with Gasteiger partial charge in [-0.05, 0) is 6.42 Å². The molecular formula is C5H8BrN3S. The van der Waals surface area contributed by atoms with E-state index in [0.29, 0.717) is 5.13 Å². The van der Waals surface area contributed by atoms with Gasteiger partial charge in [0.15, 0.2) is 0 Å². The Balaban J connectivity index is 2.42. The fourth-order valence-corrected chi connectivity index (χ4v) is 1.52. The summed E-state index contributed by atoms with van der Waals surface area (Å²) in [4.78, 5) is 0. The molecule has 0 saturated carbocycles. The van der Waals surface area contributed by atoms with Gasteiger partial charge in [0.05, 0.1) is 0 Å². The van der Waals surface area contributed by atoms with Crippen molar-refractivity contribution in [3.63, 3.8) is 0 Å². The topological polar surface area (TPSA) is 51.8 Å². The van der Waals surface area contributed by atoms with Gasteiger partial charge in [0, 0.05) is 11.8 Å². The monoisotopic (exact) mass is 221 g/mol. The van der Waals surface area contributed by atoms with Crippen LogP contribution < -0.4 is 5.73 Å². The normalized spacial score (nSPS) is 10.1. The maximum atomic E-state index is 5.38. The molecule has 0 aliphatic rings. The van der Waals surface area contributed by atoms with Gasteiger partial charge in [-0.1, -0.05) is 27.3 Å². The molecule has 0 bridgehead atoms. The number of nitrogens with two attached hydrogens (primary N) is 1. The first-order valence-corrected chi connectivity index (χ1v) is 4.90. The molecule has 56 valence electrons. The summed E-state index contributed by atoms with van der Waals surface area (Å²) >= 11 is 4.80. The van der Waals surface area contributed by atoms with Crippen molar-refractivity contribution in [1.82, 2.24) is 10.2 Å². The molecule has 0 amide bonds. The van der Waals surface area contributed by atoms with Gasteiger partial charge in [-0.15, -0.1) is 10.2 Å². The number of nitrogens with zero attached hydrogens (tertiary/aromatic N) is 2. The molecule has 0 spiro atoms. The predicted octanol–water partition coefficient (Wildman–Crippen LogP) is 1.45. The van der Waals surface area contributed by atoms with Crippen molar-refractivity contribution in [2.45, 2.75) is 12.8 Å². The zero-order chi connectivity index (χ0) is 7.40. The first kappa shape index (κ1) is 7.94. The molecule has 1 heterocycles. The van der Waals surface area contributed by atoms with Gasteiger partial charge in [-0.25, -0.2) is 0 Å². The van der Waals surface area contributed by atoms with E-state index in [2.05, 4.69) is 26.1 Å². The number of rotatable bonds is 3. The molecule has 1 rings (SSSR count). The molecule has 0 aromatic carbocycles. The van der Waals surface area contributed by atoms with Gasteiger partial charge in [-0.2, -0.15) is 0 Å². The lowest BCUT2D eigenvalue weighted by atomic mass is 10.4. The van der Waals surface area contributed by atoms with Gasteiger partial charge >= 0.3 is 0 Å². The Morgan fingerprint density at radius 3 is 2.80 bits per heavy atom. The van der Waals surface area contributed by atoms with E-state index >= 15 is 0 Å². The standard InChI is InChI=1S/C5H8BrN3S/c6-3-1-2-4-8-9-5(7)10-4/h1-3H2,(H2,7,9). The van der Waals surface area contributed by atoms with Crippen LogP contribution >= 0.6 is 27.3 Å². The van der Waals surface area contributed by atoms with Crippen molar-refractivity contribution in [1.29, 1.82) is 0 Å². The maximum Gasteiger partial charge on any atom is 0.203 e. The van der Waals surface area contributed by atoms with Gasteiger partial charge in [0.25, 0.3) is 0 Å². The highest BCUT2D eigenvalue weighted by Gasteiger charge is 1.98. The molecule has 0 fully saturated rings. The lowest BCUT2D eigenvalue weighted by molar-refractivity contribution is 0.891. The van der Waals surface area contributed by atoms with Crippen molar-refractivity contribution in [3.05, 3.63) is 5.01 Å². The van der Waals surface area contributed by atoms with Crippen LogP contribution in [0.3, 0.4) is 0 Å². The second-order valence-corrected chi connectivity index (χ2v) is 3.71. The van der Waals surface area contributed by atoms with E-state index in [9.17, 15) is 0 Å². The number of aryl methyl sites for hydroxylation is 1. The number of hydrogen-bond acceptors (Lipinski definition) is 4. The first-order chi connectivity index (χ1) is 4.83. The second-order valence-electron chi connectivity index (χ2n) is 1.83. The minimum absolute atomic E-state index is 0.560. The maximum absolute atomic E-state index is 5.38. The molecule has 0 aliphatic heterocycles. The first-order valence-electron chi connectivity index (χ1n) is 2.96. The number of alkyl halides is 1. The predicted molar refractivity (Wildman–Crippen MR) is 46.4 cm³/mol. The Hall–Kier alpha value is -0.160. The highest BCUT2D eigenvalue weighted by atomic mass is 79.9. The molecule has 5 heteroatoms. The summed E-state index contributed by atoms with van der Waals surface area (Å²) in [6, 6.07) is 0. The summed E-state index contributed by atoms with van der Waals surface area (Å²) < 4.78 is 0. The van der Waals surface area contributed by atoms with Crippen molar-refractivity contribution < 1.29 is 0 Å². The average molecular weight is 222 g/mol. The minimum Gasteiger partial charge on any atom is -0.374 e. The van der Waals surface area contributed by atoms with Crippen LogP contribution in [0.1, 0.15) is 11.4 Å². The van der Waals surface area contributed by atoms with Crippen molar-refractivity contribution in [2.24, 2.45) is 0 Å². The van der Waals surface area contributed by atoms with E-state index in [1.807, 2.05) is 0 Å². The third-order valence-corrected chi connectivity index (χ3v) is 2.38. The molecule has 10 heavy (non-hydrogen) atoms. The van der Waals surface area contributed by atoms with Gasteiger partial charge in [0.1, 0.15) is 5.01 Å². The number of nitrogen functional groups attached to an aromatic ring is 1. The van der Waals surface area contributed by atoms with Crippen LogP contribution in [0.5, 0.6) is 0 Å². The Morgan fingerprint density at radius 2 is 2.30 bits per heavy atom. The number of aromatic nitrogens is 2. The number of halogens is 1. The largest absolute Gasteiger partial charge is 0.374 e. The fourth-order valence-electron chi connectivity index (χ4n) is 0.586. The highest BCUT2D eigenvalue weighted by molar-refractivity contribution is 9.09. The van der Waals surface area contributed by atoms with Crippen LogP contribution in [0.25, 0.3) is 0 Å². The Morgan fingerprint density at radius 1 is 1.50 bits per heavy atom. The van der Waals surface area contributed by atoms with E-state index in [1.54, 1.807) is 0 Å². The molecule has 0 aliphatic carbocycles. The lowest BCUT2D eigenvalue weighted by Gasteiger charge is -1.87. The molecule has 0 atom stereocenters. The van der Waals surface area contributed by atoms with Gasteiger partial charge in [-0.3, -0.25) is 0 Å². The zero-order valence-corrected chi connectivity index (χ0v) is 7.78. The molecule has 3 nitrogen and oxygen atoms in total. The van der Waals surface area contributed by atoms with Crippen LogP contribution in [0.4, 0.5) is 5.13 Å². The summed E-state index contributed by atoms with van der Waals surface area (Å²) in [6.07, 6.45) is 2.06. The molecule has 2 N–H and O–H groups in total. The van der Waals surface area contributed by atoms with Crippen molar-refractivity contribution in [2.75, 3.05) is 11.1 Å². The van der Waals surface area contributed by atoms with Crippen LogP contribution in [-0.4, -0.2) is 15.5 Å². The van der Waals surface area contributed by atoms with Crippen LogP contribution in [0.2, 0.25) is 0 Å². The Bertz CT molecular complexity index is 201. The van der Waals surface area contributed by atoms with E-state index in [-0.39, 0.29) is 0 Å². The van der Waals surface area contributed by atoms with E-state index < -0.39 is 0 Å². The summed E-state index contributed by atoms with van der Waals surface area (Å²) in [5.41, 5.74) is 5.38. The molecule has 0 unspecified atom stereocenters. The molecule has 0 radical (unpaired) electrons. The second kappa shape index (κ2) is 3.88. The minimum atomic E-state index is 0.560. The van der Waals surface area contributed by atoms with Gasteiger partial charge < -0.3 is 5.73 Å². The van der Waals surface area contributed by atoms with Gasteiger partial charge in [0.2, 0.25) is 5.13 Å². The molecular weight excluding hydrogens is 214 g/mol. The van der Waals surface area contributed by atoms with Crippen LogP contribution in [0, 0.1) is 0 Å². The SMILES string of the molecule is Nc1nnc(CCCBr)s1. The third-order valence-electron chi connectivity index (χ3n) is 1.01. The molecule has 1 aromatic rings. The summed E-state index contributed by atoms with van der Waals surface area (Å²) in [5.74, 6) is 0. The molecule has 1 aromatic heterocycles. The lowest BCUT2D eigenvalue weighted by Crippen LogP contribution is -1.84. The number of anilines is 1. The Labute approximate surface area is 71.8 Å². The van der Waals surface area contributed by atoms with E-state index in [1.165, 1.54) is 11.3 Å². The zero-order valence-electron chi connectivity index (χ0n) is 5.38. The van der Waals surface area contributed by atoms with E-state index in [0.717, 1.165) is 23.2 Å². The third kappa shape index (κ3) is 2.22. The fraction of sp³-hybridized carbons (Fsp3) is 0.600. The quantitative estimate of drug-likeness (QED) is 0.787. The molecule has 0 saturated heterocycles. The summed E-state index contributed by atoms with van der Waals surface area (Å²) in [7, 11) is 0. The summed E-state index contributed by atoms with van der Waals surface area (Å²) in [6.45, 7) is 0. The van der Waals surface area contributed by atoms with Crippen molar-refractivity contribution >= 4 is 32.4 Å². The van der Waals surface area contributed by atoms with Crippen LogP contribution in [0.15, 0.2) is 0 Å². The summed E-state index contributed by atoms with van der Waals surface area (Å²) in [5, 5.41) is 10.2. The Kier molecular flexibility index (Phi) is 3.08.